The van der Waals surface area contributed by atoms with Crippen molar-refractivity contribution >= 4 is 17.1 Å². The molecule has 0 bridgehead atoms. The summed E-state index contributed by atoms with van der Waals surface area (Å²) in [7, 11) is 3.36. The van der Waals surface area contributed by atoms with Crippen molar-refractivity contribution < 1.29 is 14.3 Å². The van der Waals surface area contributed by atoms with E-state index in [0.717, 1.165) is 5.56 Å². The lowest BCUT2D eigenvalue weighted by Crippen LogP contribution is -2.27. The number of rotatable bonds is 3. The summed E-state index contributed by atoms with van der Waals surface area (Å²) in [6, 6.07) is 4.72. The summed E-state index contributed by atoms with van der Waals surface area (Å²) in [6.45, 7) is 1.95. The molecule has 2 rings (SSSR count). The Balaban J connectivity index is 2.51. The minimum atomic E-state index is -0.974. The molecule has 0 radical (unpaired) electrons. The first-order valence-corrected chi connectivity index (χ1v) is 5.25. The summed E-state index contributed by atoms with van der Waals surface area (Å²) >= 11 is 0. The van der Waals surface area contributed by atoms with Crippen molar-refractivity contribution in [3.05, 3.63) is 29.7 Å². The number of fused-ring (bicyclic) bond motifs is 1. The third kappa shape index (κ3) is 2.14. The van der Waals surface area contributed by atoms with Crippen LogP contribution in [0.4, 0.5) is 0 Å². The minimum absolute atomic E-state index is 0.211. The van der Waals surface area contributed by atoms with E-state index in [1.807, 2.05) is 19.1 Å². The lowest BCUT2D eigenvalue weighted by molar-refractivity contribution is -0.143. The third-order valence-corrected chi connectivity index (χ3v) is 2.54. The molecule has 2 aromatic rings. The predicted octanol–water partition coefficient (Wildman–Crippen LogP) is 1.82. The molecule has 0 aliphatic heterocycles. The van der Waals surface area contributed by atoms with Crippen molar-refractivity contribution in [3.8, 4) is 0 Å². The monoisotopic (exact) mass is 234 g/mol. The number of aliphatic carboxylic acids is 1. The molecule has 17 heavy (non-hydrogen) atoms. The molecule has 0 saturated heterocycles. The SMILES string of the molecule is Cc1ccc2oc(C(C(=O)O)N(C)C)nc2c1. The smallest absolute Gasteiger partial charge is 0.330 e. The number of carboxylic acids is 1. The molecular weight excluding hydrogens is 220 g/mol. The van der Waals surface area contributed by atoms with Crippen LogP contribution in [-0.4, -0.2) is 35.1 Å². The second-order valence-electron chi connectivity index (χ2n) is 4.23. The van der Waals surface area contributed by atoms with Gasteiger partial charge in [0.2, 0.25) is 5.89 Å². The highest BCUT2D eigenvalue weighted by molar-refractivity contribution is 5.77. The van der Waals surface area contributed by atoms with Crippen molar-refractivity contribution in [3.63, 3.8) is 0 Å². The third-order valence-electron chi connectivity index (χ3n) is 2.54. The Labute approximate surface area is 98.7 Å². The van der Waals surface area contributed by atoms with Crippen LogP contribution < -0.4 is 0 Å². The van der Waals surface area contributed by atoms with Crippen molar-refractivity contribution in [2.24, 2.45) is 0 Å². The number of carbonyl (C=O) groups is 1. The maximum Gasteiger partial charge on any atom is 0.330 e. The summed E-state index contributed by atoms with van der Waals surface area (Å²) in [5.41, 5.74) is 2.36. The van der Waals surface area contributed by atoms with Crippen LogP contribution >= 0.6 is 0 Å². The van der Waals surface area contributed by atoms with E-state index in [1.165, 1.54) is 0 Å². The van der Waals surface area contributed by atoms with E-state index >= 15 is 0 Å². The van der Waals surface area contributed by atoms with Gasteiger partial charge in [-0.15, -0.1) is 0 Å². The standard InChI is InChI=1S/C12H14N2O3/c1-7-4-5-9-8(6-7)13-11(17-9)10(12(15)16)14(2)3/h4-6,10H,1-3H3,(H,15,16). The van der Waals surface area contributed by atoms with Crippen molar-refractivity contribution in [2.45, 2.75) is 13.0 Å². The number of nitrogens with zero attached hydrogens (tertiary/aromatic N) is 2. The molecule has 0 amide bonds. The quantitative estimate of drug-likeness (QED) is 0.877. The Morgan fingerprint density at radius 3 is 2.76 bits per heavy atom. The fraction of sp³-hybridized carbons (Fsp3) is 0.333. The normalized spacial score (nSPS) is 13.2. The van der Waals surface area contributed by atoms with E-state index in [0.29, 0.717) is 11.1 Å². The summed E-state index contributed by atoms with van der Waals surface area (Å²) in [4.78, 5) is 16.9. The number of aromatic nitrogens is 1. The molecule has 1 N–H and O–H groups in total. The molecule has 0 aliphatic carbocycles. The summed E-state index contributed by atoms with van der Waals surface area (Å²) < 4.78 is 5.47. The maximum atomic E-state index is 11.1. The first-order valence-electron chi connectivity index (χ1n) is 5.25. The van der Waals surface area contributed by atoms with Gasteiger partial charge in [0.15, 0.2) is 11.6 Å². The van der Waals surface area contributed by atoms with Gasteiger partial charge in [0, 0.05) is 0 Å². The number of hydrogen-bond acceptors (Lipinski definition) is 4. The van der Waals surface area contributed by atoms with Gasteiger partial charge < -0.3 is 9.52 Å². The van der Waals surface area contributed by atoms with Crippen LogP contribution in [0.25, 0.3) is 11.1 Å². The largest absolute Gasteiger partial charge is 0.480 e. The summed E-state index contributed by atoms with van der Waals surface area (Å²) in [5, 5.41) is 9.14. The van der Waals surface area contributed by atoms with E-state index in [9.17, 15) is 4.79 Å². The summed E-state index contributed by atoms with van der Waals surface area (Å²) in [5.74, 6) is -0.763. The molecule has 0 fully saturated rings. The highest BCUT2D eigenvalue weighted by atomic mass is 16.4. The first-order chi connectivity index (χ1) is 7.99. The second kappa shape index (κ2) is 4.18. The number of hydrogen-bond donors (Lipinski definition) is 1. The van der Waals surface area contributed by atoms with Crippen molar-refractivity contribution in [1.82, 2.24) is 9.88 Å². The zero-order valence-electron chi connectivity index (χ0n) is 9.97. The Bertz CT molecular complexity index is 560. The maximum absolute atomic E-state index is 11.1. The lowest BCUT2D eigenvalue weighted by atomic mass is 10.2. The van der Waals surface area contributed by atoms with E-state index in [-0.39, 0.29) is 5.89 Å². The second-order valence-corrected chi connectivity index (χ2v) is 4.23. The fourth-order valence-corrected chi connectivity index (χ4v) is 1.72. The molecule has 5 nitrogen and oxygen atoms in total. The van der Waals surface area contributed by atoms with Gasteiger partial charge >= 0.3 is 5.97 Å². The molecular formula is C12H14N2O3. The number of benzene rings is 1. The predicted molar refractivity (Wildman–Crippen MR) is 62.8 cm³/mol. The first kappa shape index (κ1) is 11.6. The van der Waals surface area contributed by atoms with E-state index in [4.69, 9.17) is 9.52 Å². The molecule has 1 heterocycles. The van der Waals surface area contributed by atoms with E-state index in [2.05, 4.69) is 4.98 Å². The zero-order valence-corrected chi connectivity index (χ0v) is 9.97. The molecule has 0 spiro atoms. The van der Waals surface area contributed by atoms with Gasteiger partial charge in [-0.05, 0) is 38.7 Å². The summed E-state index contributed by atoms with van der Waals surface area (Å²) in [6.07, 6.45) is 0. The zero-order chi connectivity index (χ0) is 12.6. The molecule has 90 valence electrons. The number of carboxylic acid groups (broad SMARTS) is 1. The topological polar surface area (TPSA) is 66.6 Å². The van der Waals surface area contributed by atoms with Gasteiger partial charge in [0.05, 0.1) is 0 Å². The van der Waals surface area contributed by atoms with Gasteiger partial charge in [0.25, 0.3) is 0 Å². The lowest BCUT2D eigenvalue weighted by Gasteiger charge is -2.15. The average Bonchev–Trinajstić information content (AvgIpc) is 2.58. The van der Waals surface area contributed by atoms with Gasteiger partial charge in [0.1, 0.15) is 5.52 Å². The Kier molecular flexibility index (Phi) is 2.85. The molecule has 1 aromatic carbocycles. The molecule has 0 aliphatic rings. The highest BCUT2D eigenvalue weighted by Gasteiger charge is 2.27. The number of aryl methyl sites for hydroxylation is 1. The molecule has 1 unspecified atom stereocenters. The van der Waals surface area contributed by atoms with Crippen LogP contribution in [0.5, 0.6) is 0 Å². The number of oxazole rings is 1. The van der Waals surface area contributed by atoms with Crippen LogP contribution in [0.1, 0.15) is 17.5 Å². The molecule has 1 atom stereocenters. The van der Waals surface area contributed by atoms with Gasteiger partial charge in [-0.25, -0.2) is 9.78 Å². The minimum Gasteiger partial charge on any atom is -0.480 e. The average molecular weight is 234 g/mol. The van der Waals surface area contributed by atoms with Gasteiger partial charge in [-0.1, -0.05) is 6.07 Å². The van der Waals surface area contributed by atoms with Crippen LogP contribution in [0.3, 0.4) is 0 Å². The Hall–Kier alpha value is -1.88. The Morgan fingerprint density at radius 1 is 1.47 bits per heavy atom. The van der Waals surface area contributed by atoms with Crippen molar-refractivity contribution in [2.75, 3.05) is 14.1 Å². The van der Waals surface area contributed by atoms with Crippen molar-refractivity contribution in [1.29, 1.82) is 0 Å². The van der Waals surface area contributed by atoms with Gasteiger partial charge in [-0.2, -0.15) is 0 Å². The van der Waals surface area contributed by atoms with E-state index < -0.39 is 12.0 Å². The van der Waals surface area contributed by atoms with Crippen LogP contribution in [0.15, 0.2) is 22.6 Å². The number of likely N-dealkylation sites (N-methyl/N-ethyl adjacent to an activating group) is 1. The fourth-order valence-electron chi connectivity index (χ4n) is 1.72. The van der Waals surface area contributed by atoms with Crippen LogP contribution in [0, 0.1) is 6.92 Å². The van der Waals surface area contributed by atoms with Crippen LogP contribution in [0.2, 0.25) is 0 Å². The molecule has 1 aromatic heterocycles. The highest BCUT2D eigenvalue weighted by Crippen LogP contribution is 2.23. The van der Waals surface area contributed by atoms with Crippen LogP contribution in [-0.2, 0) is 4.79 Å². The molecule has 5 heteroatoms. The van der Waals surface area contributed by atoms with E-state index in [1.54, 1.807) is 25.1 Å². The Morgan fingerprint density at radius 2 is 2.18 bits per heavy atom. The van der Waals surface area contributed by atoms with Gasteiger partial charge in [-0.3, -0.25) is 4.90 Å². The molecule has 0 saturated carbocycles.